The van der Waals surface area contributed by atoms with Gasteiger partial charge in [0.2, 0.25) is 0 Å². The van der Waals surface area contributed by atoms with E-state index in [1.165, 1.54) is 0 Å². The zero-order valence-corrected chi connectivity index (χ0v) is 17.8. The molecule has 0 saturated heterocycles. The fourth-order valence-corrected chi connectivity index (χ4v) is 3.89. The van der Waals surface area contributed by atoms with Crippen molar-refractivity contribution in [3.63, 3.8) is 0 Å². The van der Waals surface area contributed by atoms with Crippen molar-refractivity contribution in [2.75, 3.05) is 5.73 Å². The molecule has 0 radical (unpaired) electrons. The van der Waals surface area contributed by atoms with E-state index in [-0.39, 0.29) is 5.84 Å². The number of anilines is 1. The first-order valence-electron chi connectivity index (χ1n) is 10.5. The topological polar surface area (TPSA) is 107 Å². The molecule has 0 spiro atoms. The van der Waals surface area contributed by atoms with Crippen molar-refractivity contribution < 1.29 is 9.47 Å². The van der Waals surface area contributed by atoms with Crippen molar-refractivity contribution in [3.8, 4) is 39.6 Å². The van der Waals surface area contributed by atoms with Gasteiger partial charge in [0.25, 0.3) is 0 Å². The zero-order valence-electron chi connectivity index (χ0n) is 17.8. The van der Waals surface area contributed by atoms with Gasteiger partial charge in [-0.2, -0.15) is 0 Å². The molecular formula is C27H22N4O2. The summed E-state index contributed by atoms with van der Waals surface area (Å²) in [5.41, 5.74) is 17.3. The number of nitrogens with two attached hydrogens (primary N) is 2. The number of allylic oxidation sites excluding steroid dienone is 1. The van der Waals surface area contributed by atoms with Crippen LogP contribution >= 0.6 is 0 Å². The summed E-state index contributed by atoms with van der Waals surface area (Å²) in [5, 5.41) is 8.18. The van der Waals surface area contributed by atoms with E-state index in [4.69, 9.17) is 26.4 Å². The normalized spacial score (nSPS) is 12.0. The Bertz CT molecular complexity index is 1360. The van der Waals surface area contributed by atoms with Gasteiger partial charge in [0.05, 0.1) is 23.2 Å². The Morgan fingerprint density at radius 1 is 0.939 bits per heavy atom. The number of amidine groups is 1. The number of nitrogens with zero attached hydrogens (tertiary/aromatic N) is 1. The first-order valence-corrected chi connectivity index (χ1v) is 10.5. The molecule has 0 amide bonds. The number of hydrogen-bond donors (Lipinski definition) is 3. The van der Waals surface area contributed by atoms with Gasteiger partial charge in [-0.3, -0.25) is 10.4 Å². The number of hydrogen-bond acceptors (Lipinski definition) is 5. The lowest BCUT2D eigenvalue weighted by atomic mass is 9.95. The van der Waals surface area contributed by atoms with E-state index in [1.807, 2.05) is 78.9 Å². The van der Waals surface area contributed by atoms with Crippen molar-refractivity contribution in [3.05, 3.63) is 102 Å². The van der Waals surface area contributed by atoms with E-state index in [0.29, 0.717) is 28.3 Å². The summed E-state index contributed by atoms with van der Waals surface area (Å²) >= 11 is 0. The van der Waals surface area contributed by atoms with Crippen molar-refractivity contribution in [1.82, 2.24) is 4.98 Å². The van der Waals surface area contributed by atoms with Crippen LogP contribution in [0, 0.1) is 5.41 Å². The highest BCUT2D eigenvalue weighted by Crippen LogP contribution is 2.36. The summed E-state index contributed by atoms with van der Waals surface area (Å²) in [5.74, 6) is 2.18. The SMILES string of the molecule is N=C(N)c1c(-c2ccc(Oc3ccccc3)cc2)cnc(-c2ccc3c(c2)CC=CO3)c1N. The second-order valence-corrected chi connectivity index (χ2v) is 7.68. The van der Waals surface area contributed by atoms with E-state index < -0.39 is 0 Å². The number of nitrogen functional groups attached to an aromatic ring is 2. The van der Waals surface area contributed by atoms with Crippen LogP contribution in [0.4, 0.5) is 5.69 Å². The van der Waals surface area contributed by atoms with Crippen LogP contribution in [0.15, 0.2) is 91.3 Å². The third-order valence-electron chi connectivity index (χ3n) is 5.49. The number of benzene rings is 3. The summed E-state index contributed by atoms with van der Waals surface area (Å²) < 4.78 is 11.4. The third-order valence-corrected chi connectivity index (χ3v) is 5.49. The Kier molecular flexibility index (Phi) is 5.24. The minimum absolute atomic E-state index is 0.111. The van der Waals surface area contributed by atoms with Gasteiger partial charge < -0.3 is 20.9 Å². The lowest BCUT2D eigenvalue weighted by molar-refractivity contribution is 0.465. The Morgan fingerprint density at radius 3 is 2.42 bits per heavy atom. The van der Waals surface area contributed by atoms with Gasteiger partial charge in [-0.05, 0) is 66.1 Å². The quantitative estimate of drug-likeness (QED) is 0.283. The molecule has 3 aromatic carbocycles. The highest BCUT2D eigenvalue weighted by molar-refractivity contribution is 6.08. The maximum atomic E-state index is 8.18. The summed E-state index contributed by atoms with van der Waals surface area (Å²) in [6, 6.07) is 23.0. The summed E-state index contributed by atoms with van der Waals surface area (Å²) in [6.07, 6.45) is 6.13. The number of pyridine rings is 1. The van der Waals surface area contributed by atoms with Gasteiger partial charge in [-0.15, -0.1) is 0 Å². The van der Waals surface area contributed by atoms with Crippen LogP contribution in [-0.4, -0.2) is 10.8 Å². The molecule has 6 nitrogen and oxygen atoms in total. The maximum absolute atomic E-state index is 8.18. The Hall–Kier alpha value is -4.58. The molecule has 5 N–H and O–H groups in total. The van der Waals surface area contributed by atoms with Crippen molar-refractivity contribution >= 4 is 11.5 Å². The molecular weight excluding hydrogens is 412 g/mol. The highest BCUT2D eigenvalue weighted by atomic mass is 16.5. The molecule has 1 aliphatic rings. The first kappa shape index (κ1) is 20.3. The van der Waals surface area contributed by atoms with Crippen LogP contribution in [0.5, 0.6) is 17.2 Å². The molecule has 2 heterocycles. The standard InChI is InChI=1S/C27H22N4O2/c28-25-24(27(29)30)22(17-8-11-21(12-9-17)33-20-6-2-1-3-7-20)16-31-26(25)19-10-13-23-18(15-19)5-4-14-32-23/h1-4,6-16H,5,28H2,(H3,29,30). The van der Waals surface area contributed by atoms with E-state index in [0.717, 1.165) is 34.6 Å². The third kappa shape index (κ3) is 4.02. The second-order valence-electron chi connectivity index (χ2n) is 7.68. The first-order chi connectivity index (χ1) is 16.1. The van der Waals surface area contributed by atoms with Crippen LogP contribution in [0.2, 0.25) is 0 Å². The van der Waals surface area contributed by atoms with Crippen molar-refractivity contribution in [1.29, 1.82) is 5.41 Å². The molecule has 0 aliphatic carbocycles. The molecule has 0 bridgehead atoms. The van der Waals surface area contributed by atoms with E-state index in [1.54, 1.807) is 12.5 Å². The average Bonchev–Trinajstić information content (AvgIpc) is 2.84. The summed E-state index contributed by atoms with van der Waals surface area (Å²) in [6.45, 7) is 0. The maximum Gasteiger partial charge on any atom is 0.130 e. The molecule has 6 heteroatoms. The smallest absolute Gasteiger partial charge is 0.130 e. The van der Waals surface area contributed by atoms with Gasteiger partial charge in [-0.25, -0.2) is 0 Å². The second kappa shape index (κ2) is 8.51. The predicted molar refractivity (Wildman–Crippen MR) is 131 cm³/mol. The minimum atomic E-state index is -0.111. The van der Waals surface area contributed by atoms with Gasteiger partial charge in [0.1, 0.15) is 23.1 Å². The number of ether oxygens (including phenoxy) is 2. The lowest BCUT2D eigenvalue weighted by Gasteiger charge is -2.17. The van der Waals surface area contributed by atoms with Crippen LogP contribution in [0.25, 0.3) is 22.4 Å². The number of para-hydroxylation sites is 1. The molecule has 162 valence electrons. The van der Waals surface area contributed by atoms with Crippen LogP contribution in [0.3, 0.4) is 0 Å². The number of rotatable bonds is 5. The molecule has 0 unspecified atom stereocenters. The van der Waals surface area contributed by atoms with Crippen molar-refractivity contribution in [2.45, 2.75) is 6.42 Å². The average molecular weight is 434 g/mol. The van der Waals surface area contributed by atoms with E-state index in [9.17, 15) is 0 Å². The fraction of sp³-hybridized carbons (Fsp3) is 0.0370. The largest absolute Gasteiger partial charge is 0.465 e. The zero-order chi connectivity index (χ0) is 22.8. The Balaban J connectivity index is 1.50. The lowest BCUT2D eigenvalue weighted by Crippen LogP contribution is -2.16. The van der Waals surface area contributed by atoms with Crippen LogP contribution in [0.1, 0.15) is 11.1 Å². The summed E-state index contributed by atoms with van der Waals surface area (Å²) in [4.78, 5) is 4.64. The molecule has 0 saturated carbocycles. The fourth-order valence-electron chi connectivity index (χ4n) is 3.89. The molecule has 1 aromatic heterocycles. The van der Waals surface area contributed by atoms with Gasteiger partial charge in [-0.1, -0.05) is 30.3 Å². The highest BCUT2D eigenvalue weighted by Gasteiger charge is 2.19. The predicted octanol–water partition coefficient (Wildman–Crippen LogP) is 5.52. The monoisotopic (exact) mass is 434 g/mol. The molecule has 0 atom stereocenters. The minimum Gasteiger partial charge on any atom is -0.465 e. The van der Waals surface area contributed by atoms with Crippen molar-refractivity contribution in [2.24, 2.45) is 5.73 Å². The number of fused-ring (bicyclic) bond motifs is 1. The Labute approximate surface area is 191 Å². The van der Waals surface area contributed by atoms with Gasteiger partial charge in [0.15, 0.2) is 0 Å². The number of aromatic nitrogens is 1. The molecule has 1 aliphatic heterocycles. The summed E-state index contributed by atoms with van der Waals surface area (Å²) in [7, 11) is 0. The van der Waals surface area contributed by atoms with E-state index >= 15 is 0 Å². The molecule has 5 rings (SSSR count). The van der Waals surface area contributed by atoms with Gasteiger partial charge in [0, 0.05) is 17.3 Å². The van der Waals surface area contributed by atoms with E-state index in [2.05, 4.69) is 4.98 Å². The molecule has 4 aromatic rings. The molecule has 0 fully saturated rings. The van der Waals surface area contributed by atoms with Crippen LogP contribution in [-0.2, 0) is 6.42 Å². The Morgan fingerprint density at radius 2 is 1.67 bits per heavy atom. The molecule has 33 heavy (non-hydrogen) atoms. The number of nitrogens with one attached hydrogen (secondary N) is 1. The van der Waals surface area contributed by atoms with Crippen LogP contribution < -0.4 is 20.9 Å². The van der Waals surface area contributed by atoms with Gasteiger partial charge >= 0.3 is 0 Å².